The number of para-hydroxylation sites is 1. The van der Waals surface area contributed by atoms with Gasteiger partial charge < -0.3 is 30.3 Å². The molecule has 0 bridgehead atoms. The average molecular weight is 595 g/mol. The van der Waals surface area contributed by atoms with Gasteiger partial charge in [0.15, 0.2) is 6.10 Å². The Bertz CT molecular complexity index is 1220. The second-order valence-electron chi connectivity index (χ2n) is 11.6. The summed E-state index contributed by atoms with van der Waals surface area (Å²) >= 11 is 0. The number of aryl methyl sites for hydroxylation is 2. The second-order valence-corrected chi connectivity index (χ2v) is 11.6. The Hall–Kier alpha value is -3.75. The lowest BCUT2D eigenvalue weighted by Gasteiger charge is -2.37. The van der Waals surface area contributed by atoms with Gasteiger partial charge >= 0.3 is 12.1 Å². The Kier molecular flexibility index (Phi) is 12.7. The summed E-state index contributed by atoms with van der Waals surface area (Å²) in [5.74, 6) is -0.0772. The molecule has 0 saturated carbocycles. The highest BCUT2D eigenvalue weighted by Gasteiger charge is 2.33. The standard InChI is InChI=1S/C33H46N4O5.CH4/c1-4-5-6-7-10-16-34-31(39)29(22-25-20-23(2)30(38)24(3)21-25)42-33(41)36-17-14-27(15-18-36)37-19-13-26-11-8-9-12-28(26)35-32(37)40;/h8-9,11-12,20-21,27,29,38H,4-7,10,13-19,22H2,1-3H3,(H,34,39)(H,35,40);1H4/t29-;/m1./s1. The number of fused-ring (bicyclic) bond motifs is 1. The van der Waals surface area contributed by atoms with E-state index in [1.54, 1.807) is 4.90 Å². The van der Waals surface area contributed by atoms with Crippen molar-refractivity contribution in [2.24, 2.45) is 0 Å². The molecule has 9 heteroatoms. The predicted molar refractivity (Wildman–Crippen MR) is 171 cm³/mol. The number of nitrogens with zero attached hydrogens (tertiary/aromatic N) is 2. The lowest BCUT2D eigenvalue weighted by atomic mass is 10.0. The van der Waals surface area contributed by atoms with Gasteiger partial charge in [0, 0.05) is 44.3 Å². The Morgan fingerprint density at radius 1 is 1.05 bits per heavy atom. The summed E-state index contributed by atoms with van der Waals surface area (Å²) in [6.07, 6.45) is 6.20. The molecule has 1 fully saturated rings. The van der Waals surface area contributed by atoms with Crippen LogP contribution in [0, 0.1) is 13.8 Å². The summed E-state index contributed by atoms with van der Waals surface area (Å²) in [5.41, 5.74) is 4.24. The van der Waals surface area contributed by atoms with Gasteiger partial charge in [-0.25, -0.2) is 9.59 Å². The fourth-order valence-corrected chi connectivity index (χ4v) is 5.91. The minimum atomic E-state index is -0.982. The van der Waals surface area contributed by atoms with Crippen molar-refractivity contribution in [2.75, 3.05) is 31.5 Å². The maximum atomic E-state index is 13.3. The number of hydrogen-bond acceptors (Lipinski definition) is 5. The third-order valence-electron chi connectivity index (χ3n) is 8.39. The monoisotopic (exact) mass is 594 g/mol. The Morgan fingerprint density at radius 2 is 1.72 bits per heavy atom. The molecule has 236 valence electrons. The maximum Gasteiger partial charge on any atom is 0.410 e. The summed E-state index contributed by atoms with van der Waals surface area (Å²) in [6.45, 7) is 7.86. The van der Waals surface area contributed by atoms with Crippen LogP contribution < -0.4 is 10.6 Å². The van der Waals surface area contributed by atoms with Gasteiger partial charge in [-0.3, -0.25) is 4.79 Å². The number of carbonyl (C=O) groups is 3. The molecule has 0 unspecified atom stereocenters. The number of likely N-dealkylation sites (tertiary alicyclic amines) is 1. The number of amides is 4. The Morgan fingerprint density at radius 3 is 2.42 bits per heavy atom. The van der Waals surface area contributed by atoms with Crippen molar-refractivity contribution in [1.82, 2.24) is 15.1 Å². The van der Waals surface area contributed by atoms with Crippen molar-refractivity contribution in [3.63, 3.8) is 0 Å². The third kappa shape index (κ3) is 9.12. The van der Waals surface area contributed by atoms with E-state index in [1.165, 1.54) is 6.42 Å². The van der Waals surface area contributed by atoms with Crippen LogP contribution in [0.15, 0.2) is 36.4 Å². The smallest absolute Gasteiger partial charge is 0.410 e. The minimum Gasteiger partial charge on any atom is -0.507 e. The van der Waals surface area contributed by atoms with E-state index in [9.17, 15) is 19.5 Å². The molecule has 9 nitrogen and oxygen atoms in total. The number of nitrogens with one attached hydrogen (secondary N) is 2. The first kappa shape index (κ1) is 33.7. The zero-order valence-electron chi connectivity index (χ0n) is 25.3. The van der Waals surface area contributed by atoms with Crippen LogP contribution >= 0.6 is 0 Å². The average Bonchev–Trinajstić information content (AvgIpc) is 3.15. The van der Waals surface area contributed by atoms with Crippen LogP contribution in [0.3, 0.4) is 0 Å². The second kappa shape index (κ2) is 16.2. The quantitative estimate of drug-likeness (QED) is 0.263. The molecule has 2 aromatic carbocycles. The summed E-state index contributed by atoms with van der Waals surface area (Å²) in [5, 5.41) is 16.2. The van der Waals surface area contributed by atoms with Gasteiger partial charge in [-0.15, -0.1) is 0 Å². The maximum absolute atomic E-state index is 13.3. The van der Waals surface area contributed by atoms with Crippen molar-refractivity contribution in [1.29, 1.82) is 0 Å². The van der Waals surface area contributed by atoms with E-state index in [4.69, 9.17) is 4.74 Å². The predicted octanol–water partition coefficient (Wildman–Crippen LogP) is 6.33. The number of phenols is 1. The van der Waals surface area contributed by atoms with E-state index in [-0.39, 0.29) is 37.6 Å². The molecule has 3 N–H and O–H groups in total. The van der Waals surface area contributed by atoms with Crippen LogP contribution in [0.4, 0.5) is 15.3 Å². The molecule has 2 aromatic rings. The van der Waals surface area contributed by atoms with Crippen LogP contribution in [0.25, 0.3) is 0 Å². The van der Waals surface area contributed by atoms with Crippen molar-refractivity contribution in [3.05, 3.63) is 58.7 Å². The summed E-state index contributed by atoms with van der Waals surface area (Å²) in [4.78, 5) is 43.0. The summed E-state index contributed by atoms with van der Waals surface area (Å²) < 4.78 is 5.84. The molecule has 2 heterocycles. The highest BCUT2D eigenvalue weighted by atomic mass is 16.6. The highest BCUT2D eigenvalue weighted by molar-refractivity contribution is 5.91. The molecule has 0 aliphatic carbocycles. The SMILES string of the molecule is C.CCCCCCCNC(=O)[C@@H](Cc1cc(C)c(O)c(C)c1)OC(=O)N1CCC(N2CCc3ccccc3NC2=O)CC1. The van der Waals surface area contributed by atoms with Crippen molar-refractivity contribution < 1.29 is 24.2 Å². The Balaban J connectivity index is 0.00000506. The summed E-state index contributed by atoms with van der Waals surface area (Å²) in [6, 6.07) is 11.5. The first-order valence-corrected chi connectivity index (χ1v) is 15.4. The fraction of sp³-hybridized carbons (Fsp3) is 0.559. The lowest BCUT2D eigenvalue weighted by Crippen LogP contribution is -2.51. The zero-order chi connectivity index (χ0) is 30.1. The number of unbranched alkanes of at least 4 members (excludes halogenated alkanes) is 4. The number of hydrogen-bond donors (Lipinski definition) is 3. The number of ether oxygens (including phenoxy) is 1. The largest absolute Gasteiger partial charge is 0.507 e. The molecule has 2 aliphatic rings. The van der Waals surface area contributed by atoms with E-state index >= 15 is 0 Å². The molecule has 4 amide bonds. The van der Waals surface area contributed by atoms with Gasteiger partial charge in [0.25, 0.3) is 5.91 Å². The number of piperidine rings is 1. The molecule has 4 rings (SSSR count). The van der Waals surface area contributed by atoms with Gasteiger partial charge in [-0.2, -0.15) is 0 Å². The van der Waals surface area contributed by atoms with E-state index in [1.807, 2.05) is 55.1 Å². The number of benzene rings is 2. The van der Waals surface area contributed by atoms with Crippen molar-refractivity contribution in [3.8, 4) is 5.75 Å². The van der Waals surface area contributed by atoms with Crippen LogP contribution in [-0.4, -0.2) is 71.3 Å². The fourth-order valence-electron chi connectivity index (χ4n) is 5.91. The first-order valence-electron chi connectivity index (χ1n) is 15.4. The number of phenolic OH excluding ortho intramolecular Hbond substituents is 1. The first-order chi connectivity index (χ1) is 20.3. The van der Waals surface area contributed by atoms with Crippen LogP contribution in [0.1, 0.15) is 81.5 Å². The molecular formula is C34H50N4O5. The van der Waals surface area contributed by atoms with Gasteiger partial charge in [0.2, 0.25) is 0 Å². The zero-order valence-corrected chi connectivity index (χ0v) is 25.3. The number of aromatic hydroxyl groups is 1. The van der Waals surface area contributed by atoms with E-state index in [0.29, 0.717) is 50.1 Å². The normalized spacial score (nSPS) is 15.9. The molecule has 0 radical (unpaired) electrons. The highest BCUT2D eigenvalue weighted by Crippen LogP contribution is 2.26. The van der Waals surface area contributed by atoms with Crippen molar-refractivity contribution in [2.45, 2.75) is 98.1 Å². The van der Waals surface area contributed by atoms with Crippen LogP contribution in [0.2, 0.25) is 0 Å². The number of rotatable bonds is 11. The van der Waals surface area contributed by atoms with E-state index < -0.39 is 12.2 Å². The molecule has 0 aromatic heterocycles. The van der Waals surface area contributed by atoms with E-state index in [2.05, 4.69) is 17.6 Å². The van der Waals surface area contributed by atoms with Crippen LogP contribution in [-0.2, 0) is 22.4 Å². The number of carbonyl (C=O) groups excluding carboxylic acids is 3. The number of anilines is 1. The molecular weight excluding hydrogens is 544 g/mol. The minimum absolute atomic E-state index is 0. The molecule has 43 heavy (non-hydrogen) atoms. The number of urea groups is 1. The Labute approximate surface area is 257 Å². The topological polar surface area (TPSA) is 111 Å². The van der Waals surface area contributed by atoms with Gasteiger partial charge in [0.05, 0.1) is 0 Å². The summed E-state index contributed by atoms with van der Waals surface area (Å²) in [7, 11) is 0. The van der Waals surface area contributed by atoms with Gasteiger partial charge in [-0.1, -0.05) is 70.4 Å². The molecule has 1 atom stereocenters. The molecule has 1 saturated heterocycles. The molecule has 0 spiro atoms. The van der Waals surface area contributed by atoms with E-state index in [0.717, 1.165) is 48.9 Å². The van der Waals surface area contributed by atoms with Crippen molar-refractivity contribution >= 4 is 23.7 Å². The van der Waals surface area contributed by atoms with Crippen LogP contribution in [0.5, 0.6) is 5.75 Å². The van der Waals surface area contributed by atoms with Gasteiger partial charge in [-0.05, 0) is 67.9 Å². The lowest BCUT2D eigenvalue weighted by molar-refractivity contribution is -0.130. The third-order valence-corrected chi connectivity index (χ3v) is 8.39. The van der Waals surface area contributed by atoms with Gasteiger partial charge in [0.1, 0.15) is 5.75 Å². The molecule has 2 aliphatic heterocycles.